The van der Waals surface area contributed by atoms with Crippen molar-refractivity contribution in [2.75, 3.05) is 0 Å². The second-order valence-electron chi connectivity index (χ2n) is 12.0. The number of aliphatic hydroxyl groups excluding tert-OH is 1. The third kappa shape index (κ3) is 7.44. The molecule has 1 aromatic carbocycles. The van der Waals surface area contributed by atoms with Gasteiger partial charge in [0.05, 0.1) is 28.4 Å². The second kappa shape index (κ2) is 10.1. The lowest BCUT2D eigenvalue weighted by atomic mass is 9.79. The number of rotatable bonds is 9. The first kappa shape index (κ1) is 27.5. The standard InChI is InChI=1S/C26H37F2N3O3S/c1-24(2,3)13-20-30-19(14-35-20)26(7-8-26)31-22(25(4,5)6)21(32)18(29-23(33)34)11-15-9-16(27)12-17(28)10-15/h9-10,12,14,18,21-22,29,31-32H,7-8,11,13H2,1-6H3,(H,33,34). The van der Waals surface area contributed by atoms with Gasteiger partial charge < -0.3 is 20.8 Å². The molecule has 35 heavy (non-hydrogen) atoms. The summed E-state index contributed by atoms with van der Waals surface area (Å²) >= 11 is 1.63. The summed E-state index contributed by atoms with van der Waals surface area (Å²) in [6.07, 6.45) is 0.0476. The van der Waals surface area contributed by atoms with Crippen LogP contribution in [0.15, 0.2) is 23.6 Å². The fourth-order valence-corrected chi connectivity index (χ4v) is 5.60. The zero-order valence-corrected chi connectivity index (χ0v) is 22.1. The Bertz CT molecular complexity index is 1020. The first-order valence-electron chi connectivity index (χ1n) is 11.9. The zero-order valence-electron chi connectivity index (χ0n) is 21.3. The van der Waals surface area contributed by atoms with Gasteiger partial charge in [-0.2, -0.15) is 0 Å². The molecule has 0 aliphatic heterocycles. The molecule has 3 unspecified atom stereocenters. The largest absolute Gasteiger partial charge is 0.465 e. The minimum Gasteiger partial charge on any atom is -0.465 e. The lowest BCUT2D eigenvalue weighted by molar-refractivity contribution is 0.0321. The van der Waals surface area contributed by atoms with E-state index in [1.807, 2.05) is 20.8 Å². The van der Waals surface area contributed by atoms with Gasteiger partial charge in [0, 0.05) is 23.9 Å². The topological polar surface area (TPSA) is 94.5 Å². The van der Waals surface area contributed by atoms with Crippen LogP contribution in [-0.2, 0) is 18.4 Å². The molecular formula is C26H37F2N3O3S. The summed E-state index contributed by atoms with van der Waals surface area (Å²) in [4.78, 5) is 16.4. The second-order valence-corrected chi connectivity index (χ2v) is 12.9. The maximum Gasteiger partial charge on any atom is 0.404 e. The van der Waals surface area contributed by atoms with E-state index in [1.54, 1.807) is 11.3 Å². The van der Waals surface area contributed by atoms with Gasteiger partial charge in [-0.1, -0.05) is 41.5 Å². The summed E-state index contributed by atoms with van der Waals surface area (Å²) in [5, 5.41) is 30.0. The molecule has 3 rings (SSSR count). The molecule has 1 heterocycles. The van der Waals surface area contributed by atoms with Crippen molar-refractivity contribution >= 4 is 17.4 Å². The van der Waals surface area contributed by atoms with Gasteiger partial charge in [-0.3, -0.25) is 0 Å². The molecule has 1 fully saturated rings. The molecule has 0 radical (unpaired) electrons. The van der Waals surface area contributed by atoms with E-state index in [2.05, 4.69) is 36.8 Å². The van der Waals surface area contributed by atoms with Crippen molar-refractivity contribution in [1.82, 2.24) is 15.6 Å². The number of aromatic nitrogens is 1. The van der Waals surface area contributed by atoms with Crippen LogP contribution in [0.4, 0.5) is 13.6 Å². The molecule has 2 aromatic rings. The van der Waals surface area contributed by atoms with E-state index in [0.29, 0.717) is 0 Å². The molecule has 194 valence electrons. The molecule has 0 bridgehead atoms. The highest BCUT2D eigenvalue weighted by Crippen LogP contribution is 2.47. The Kier molecular flexibility index (Phi) is 7.94. The van der Waals surface area contributed by atoms with Gasteiger partial charge in [0.15, 0.2) is 0 Å². The third-order valence-corrected chi connectivity index (χ3v) is 7.13. The van der Waals surface area contributed by atoms with Crippen molar-refractivity contribution in [3.05, 3.63) is 51.5 Å². The number of hydrogen-bond donors (Lipinski definition) is 4. The summed E-state index contributed by atoms with van der Waals surface area (Å²) in [6, 6.07) is 1.57. The van der Waals surface area contributed by atoms with Crippen molar-refractivity contribution in [2.45, 2.75) is 91.0 Å². The quantitative estimate of drug-likeness (QED) is 0.371. The van der Waals surface area contributed by atoms with E-state index in [4.69, 9.17) is 4.98 Å². The molecular weight excluding hydrogens is 472 g/mol. The fraction of sp³-hybridized carbons (Fsp3) is 0.615. The summed E-state index contributed by atoms with van der Waals surface area (Å²) in [6.45, 7) is 12.4. The summed E-state index contributed by atoms with van der Waals surface area (Å²) < 4.78 is 27.5. The lowest BCUT2D eigenvalue weighted by Crippen LogP contribution is -2.60. The molecule has 1 aliphatic carbocycles. The number of nitrogens with zero attached hydrogens (tertiary/aromatic N) is 1. The van der Waals surface area contributed by atoms with Crippen molar-refractivity contribution in [2.24, 2.45) is 10.8 Å². The molecule has 9 heteroatoms. The smallest absolute Gasteiger partial charge is 0.404 e. The Labute approximate surface area is 210 Å². The molecule has 0 saturated heterocycles. The number of thiazole rings is 1. The molecule has 1 aliphatic rings. The monoisotopic (exact) mass is 509 g/mol. The maximum absolute atomic E-state index is 13.8. The van der Waals surface area contributed by atoms with Gasteiger partial charge in [0.25, 0.3) is 0 Å². The van der Waals surface area contributed by atoms with E-state index in [-0.39, 0.29) is 22.9 Å². The van der Waals surface area contributed by atoms with E-state index >= 15 is 0 Å². The van der Waals surface area contributed by atoms with Crippen LogP contribution in [0.5, 0.6) is 0 Å². The molecule has 6 nitrogen and oxygen atoms in total. The Morgan fingerprint density at radius 3 is 2.23 bits per heavy atom. The normalized spacial score (nSPS) is 18.1. The number of carboxylic acid groups (broad SMARTS) is 1. The summed E-state index contributed by atoms with van der Waals surface area (Å²) in [5.41, 5.74) is 0.489. The molecule has 1 aromatic heterocycles. The van der Waals surface area contributed by atoms with Gasteiger partial charge in [0.2, 0.25) is 0 Å². The first-order chi connectivity index (χ1) is 16.1. The molecule has 3 atom stereocenters. The van der Waals surface area contributed by atoms with Crippen LogP contribution >= 0.6 is 11.3 Å². The van der Waals surface area contributed by atoms with E-state index < -0.39 is 41.3 Å². The Balaban J connectivity index is 1.86. The number of halogens is 2. The van der Waals surface area contributed by atoms with Gasteiger partial charge in [-0.25, -0.2) is 18.6 Å². The van der Waals surface area contributed by atoms with Crippen LogP contribution in [0.2, 0.25) is 0 Å². The SMILES string of the molecule is CC(C)(C)Cc1nc(C2(NC(C(O)C(Cc3cc(F)cc(F)c3)NC(=O)O)C(C)(C)C)CC2)cs1. The highest BCUT2D eigenvalue weighted by Gasteiger charge is 2.51. The van der Waals surface area contributed by atoms with Crippen molar-refractivity contribution in [3.63, 3.8) is 0 Å². The van der Waals surface area contributed by atoms with Crippen LogP contribution in [0, 0.1) is 22.5 Å². The number of hydrogen-bond acceptors (Lipinski definition) is 5. The minimum absolute atomic E-state index is 0.0597. The van der Waals surface area contributed by atoms with Crippen LogP contribution < -0.4 is 10.6 Å². The van der Waals surface area contributed by atoms with Gasteiger partial charge in [-0.15, -0.1) is 11.3 Å². The van der Waals surface area contributed by atoms with Gasteiger partial charge in [-0.05, 0) is 47.8 Å². The molecule has 1 saturated carbocycles. The van der Waals surface area contributed by atoms with Crippen LogP contribution in [0.25, 0.3) is 0 Å². The first-order valence-corrected chi connectivity index (χ1v) is 12.8. The molecule has 4 N–H and O–H groups in total. The number of nitrogens with one attached hydrogen (secondary N) is 2. The highest BCUT2D eigenvalue weighted by atomic mass is 32.1. The Morgan fingerprint density at radius 2 is 1.74 bits per heavy atom. The van der Waals surface area contributed by atoms with Gasteiger partial charge >= 0.3 is 6.09 Å². The minimum atomic E-state index is -1.31. The number of amides is 1. The average Bonchev–Trinajstić information content (AvgIpc) is 3.32. The number of carbonyl (C=O) groups is 1. The summed E-state index contributed by atoms with van der Waals surface area (Å²) in [7, 11) is 0. The Hall–Kier alpha value is -2.10. The van der Waals surface area contributed by atoms with Gasteiger partial charge in [0.1, 0.15) is 11.6 Å². The molecule has 0 spiro atoms. The van der Waals surface area contributed by atoms with E-state index in [9.17, 15) is 23.8 Å². The lowest BCUT2D eigenvalue weighted by Gasteiger charge is -2.41. The van der Waals surface area contributed by atoms with Crippen LogP contribution in [0.1, 0.15) is 70.6 Å². The highest BCUT2D eigenvalue weighted by molar-refractivity contribution is 7.09. The van der Waals surface area contributed by atoms with Crippen LogP contribution in [-0.4, -0.2) is 39.5 Å². The van der Waals surface area contributed by atoms with Crippen LogP contribution in [0.3, 0.4) is 0 Å². The van der Waals surface area contributed by atoms with E-state index in [0.717, 1.165) is 48.2 Å². The number of benzene rings is 1. The predicted molar refractivity (Wildman–Crippen MR) is 134 cm³/mol. The molecule has 1 amide bonds. The third-order valence-electron chi connectivity index (χ3n) is 6.28. The Morgan fingerprint density at radius 1 is 1.14 bits per heavy atom. The number of aliphatic hydroxyl groups is 1. The maximum atomic E-state index is 13.8. The van der Waals surface area contributed by atoms with Crippen molar-refractivity contribution < 1.29 is 23.8 Å². The van der Waals surface area contributed by atoms with Crippen molar-refractivity contribution in [1.29, 1.82) is 0 Å². The summed E-state index contributed by atoms with van der Waals surface area (Å²) in [5.74, 6) is -1.50. The van der Waals surface area contributed by atoms with E-state index in [1.165, 1.54) is 0 Å². The van der Waals surface area contributed by atoms with Crippen molar-refractivity contribution in [3.8, 4) is 0 Å². The fourth-order valence-electron chi connectivity index (χ4n) is 4.41. The average molecular weight is 510 g/mol. The zero-order chi connectivity index (χ0) is 26.2. The predicted octanol–water partition coefficient (Wildman–Crippen LogP) is 5.24.